The van der Waals surface area contributed by atoms with Gasteiger partial charge in [0.2, 0.25) is 0 Å². The molecular weight excluding hydrogens is 254 g/mol. The zero-order chi connectivity index (χ0) is 14.6. The molecule has 0 aliphatic carbocycles. The summed E-state index contributed by atoms with van der Waals surface area (Å²) < 4.78 is 0. The number of hydrogen-bond donors (Lipinski definition) is 0. The topological polar surface area (TPSA) is 3.24 Å². The summed E-state index contributed by atoms with van der Waals surface area (Å²) in [7, 11) is 0. The Morgan fingerprint density at radius 3 is 2.62 bits per heavy atom. The first kappa shape index (κ1) is 12.7. The summed E-state index contributed by atoms with van der Waals surface area (Å²) in [6.07, 6.45) is 4.66. The van der Waals surface area contributed by atoms with Crippen molar-refractivity contribution in [3.8, 4) is 0 Å². The fourth-order valence-electron chi connectivity index (χ4n) is 4.01. The number of nitrogens with zero attached hydrogens (tertiary/aromatic N) is 1. The Labute approximate surface area is 126 Å². The zero-order valence-corrected chi connectivity index (χ0v) is 12.9. The number of rotatable bonds is 0. The van der Waals surface area contributed by atoms with E-state index in [9.17, 15) is 0 Å². The van der Waals surface area contributed by atoms with E-state index in [0.29, 0.717) is 18.0 Å². The van der Waals surface area contributed by atoms with E-state index in [2.05, 4.69) is 80.3 Å². The van der Waals surface area contributed by atoms with Crippen LogP contribution in [0.3, 0.4) is 0 Å². The molecule has 1 nitrogen and oxygen atoms in total. The van der Waals surface area contributed by atoms with Crippen molar-refractivity contribution in [2.45, 2.75) is 38.8 Å². The molecule has 0 saturated carbocycles. The summed E-state index contributed by atoms with van der Waals surface area (Å²) >= 11 is 0. The highest BCUT2D eigenvalue weighted by Gasteiger charge is 2.38. The van der Waals surface area contributed by atoms with Gasteiger partial charge in [-0.25, -0.2) is 0 Å². The van der Waals surface area contributed by atoms with E-state index in [0.717, 1.165) is 0 Å². The summed E-state index contributed by atoms with van der Waals surface area (Å²) in [5.74, 6) is 0.552. The van der Waals surface area contributed by atoms with Gasteiger partial charge in [-0.2, -0.15) is 0 Å². The van der Waals surface area contributed by atoms with Crippen molar-refractivity contribution < 1.29 is 0 Å². The van der Waals surface area contributed by atoms with E-state index >= 15 is 0 Å². The minimum absolute atomic E-state index is 0.377. The molecule has 0 spiro atoms. The third-order valence-corrected chi connectivity index (χ3v) is 5.28. The normalized spacial score (nSPS) is 26.0. The van der Waals surface area contributed by atoms with Gasteiger partial charge < -0.3 is 4.90 Å². The van der Waals surface area contributed by atoms with Crippen LogP contribution in [-0.2, 0) is 0 Å². The van der Waals surface area contributed by atoms with Crippen LogP contribution in [0.1, 0.15) is 48.1 Å². The number of benzene rings is 2. The maximum absolute atomic E-state index is 2.61. The van der Waals surface area contributed by atoms with Crippen molar-refractivity contribution in [1.82, 2.24) is 0 Å². The Hall–Kier alpha value is -2.02. The number of fused-ring (bicyclic) bond motifs is 5. The van der Waals surface area contributed by atoms with Crippen LogP contribution in [0, 0.1) is 6.92 Å². The lowest BCUT2D eigenvalue weighted by atomic mass is 9.77. The van der Waals surface area contributed by atoms with Gasteiger partial charge >= 0.3 is 0 Å². The molecule has 0 N–H and O–H groups in total. The highest BCUT2D eigenvalue weighted by molar-refractivity contribution is 5.75. The molecule has 3 atom stereocenters. The van der Waals surface area contributed by atoms with Crippen LogP contribution >= 0.6 is 0 Å². The maximum atomic E-state index is 2.61. The molecule has 4 rings (SSSR count). The molecule has 0 aromatic heterocycles. The molecule has 106 valence electrons. The Bertz CT molecular complexity index is 728. The second-order valence-electron chi connectivity index (χ2n) is 6.38. The predicted octanol–water partition coefficient (Wildman–Crippen LogP) is 5.08. The lowest BCUT2D eigenvalue weighted by Crippen LogP contribution is -2.45. The molecule has 0 saturated heterocycles. The molecule has 2 aromatic carbocycles. The minimum Gasteiger partial charge on any atom is -0.357 e. The standard InChI is InChI=1S/C20H21N/c1-13-7-6-9-17-14(2)15(3)21-18-10-5-4-8-16(18)11-12-19(21)20(13)17/h4-12,14-15,19H,1-3H3. The Morgan fingerprint density at radius 2 is 1.76 bits per heavy atom. The summed E-state index contributed by atoms with van der Waals surface area (Å²) in [5.41, 5.74) is 7.15. The maximum Gasteiger partial charge on any atom is 0.0738 e. The van der Waals surface area contributed by atoms with Gasteiger partial charge in [-0.15, -0.1) is 0 Å². The molecule has 2 aromatic rings. The van der Waals surface area contributed by atoms with E-state index in [-0.39, 0.29) is 0 Å². The lowest BCUT2D eigenvalue weighted by Gasteiger charge is -2.48. The second-order valence-corrected chi connectivity index (χ2v) is 6.38. The average molecular weight is 275 g/mol. The molecule has 2 heterocycles. The van der Waals surface area contributed by atoms with Gasteiger partial charge in [0.1, 0.15) is 0 Å². The third kappa shape index (κ3) is 1.70. The van der Waals surface area contributed by atoms with Crippen LogP contribution in [0.25, 0.3) is 6.08 Å². The summed E-state index contributed by atoms with van der Waals surface area (Å²) in [6, 6.07) is 16.4. The van der Waals surface area contributed by atoms with Crippen molar-refractivity contribution in [2.24, 2.45) is 0 Å². The zero-order valence-electron chi connectivity index (χ0n) is 12.9. The largest absolute Gasteiger partial charge is 0.357 e. The monoisotopic (exact) mass is 275 g/mol. The first-order chi connectivity index (χ1) is 10.2. The second kappa shape index (κ2) is 4.49. The van der Waals surface area contributed by atoms with Crippen molar-refractivity contribution in [1.29, 1.82) is 0 Å². The van der Waals surface area contributed by atoms with Gasteiger partial charge in [0.15, 0.2) is 0 Å². The van der Waals surface area contributed by atoms with Gasteiger partial charge in [0.05, 0.1) is 6.04 Å². The molecule has 0 radical (unpaired) electrons. The molecule has 1 heteroatoms. The number of anilines is 1. The predicted molar refractivity (Wildman–Crippen MR) is 89.8 cm³/mol. The van der Waals surface area contributed by atoms with Gasteiger partial charge in [-0.3, -0.25) is 0 Å². The first-order valence-electron chi connectivity index (χ1n) is 7.83. The van der Waals surface area contributed by atoms with Crippen LogP contribution in [-0.4, -0.2) is 6.04 Å². The van der Waals surface area contributed by atoms with E-state index in [1.807, 2.05) is 0 Å². The Kier molecular flexibility index (Phi) is 2.72. The number of para-hydroxylation sites is 1. The van der Waals surface area contributed by atoms with Crippen LogP contribution in [0.2, 0.25) is 0 Å². The molecule has 0 fully saturated rings. The molecule has 2 aliphatic heterocycles. The summed E-state index contributed by atoms with van der Waals surface area (Å²) in [5, 5.41) is 0. The van der Waals surface area contributed by atoms with Gasteiger partial charge in [-0.1, -0.05) is 55.5 Å². The highest BCUT2D eigenvalue weighted by atomic mass is 15.2. The lowest BCUT2D eigenvalue weighted by molar-refractivity contribution is 0.483. The van der Waals surface area contributed by atoms with Crippen molar-refractivity contribution in [3.63, 3.8) is 0 Å². The first-order valence-corrected chi connectivity index (χ1v) is 7.83. The quantitative estimate of drug-likeness (QED) is 0.648. The molecule has 2 aliphatic rings. The van der Waals surface area contributed by atoms with E-state index in [1.54, 1.807) is 0 Å². The van der Waals surface area contributed by atoms with Crippen molar-refractivity contribution in [3.05, 3.63) is 70.8 Å². The Balaban J connectivity index is 1.97. The molecule has 0 amide bonds. The van der Waals surface area contributed by atoms with Crippen LogP contribution < -0.4 is 4.90 Å². The van der Waals surface area contributed by atoms with Crippen LogP contribution in [0.15, 0.2) is 48.5 Å². The average Bonchev–Trinajstić information content (AvgIpc) is 2.51. The van der Waals surface area contributed by atoms with Crippen molar-refractivity contribution in [2.75, 3.05) is 4.90 Å². The smallest absolute Gasteiger partial charge is 0.0738 e. The molecule has 3 unspecified atom stereocenters. The van der Waals surface area contributed by atoms with Gasteiger partial charge in [-0.05, 0) is 42.2 Å². The van der Waals surface area contributed by atoms with Crippen LogP contribution in [0.4, 0.5) is 5.69 Å². The molecule has 0 bridgehead atoms. The SMILES string of the molecule is Cc1cccc2c1C1C=Cc3ccccc3N1C(C)C2C. The minimum atomic E-state index is 0.377. The fraction of sp³-hybridized carbons (Fsp3) is 0.300. The number of aryl methyl sites for hydroxylation is 1. The van der Waals surface area contributed by atoms with Gasteiger partial charge in [0.25, 0.3) is 0 Å². The van der Waals surface area contributed by atoms with Gasteiger partial charge in [0, 0.05) is 17.6 Å². The Morgan fingerprint density at radius 1 is 0.952 bits per heavy atom. The third-order valence-electron chi connectivity index (χ3n) is 5.28. The van der Waals surface area contributed by atoms with E-state index in [4.69, 9.17) is 0 Å². The van der Waals surface area contributed by atoms with E-state index in [1.165, 1.54) is 27.9 Å². The summed E-state index contributed by atoms with van der Waals surface area (Å²) in [4.78, 5) is 2.61. The molecular formula is C20H21N. The summed E-state index contributed by atoms with van der Waals surface area (Å²) in [6.45, 7) is 6.97. The fourth-order valence-corrected chi connectivity index (χ4v) is 4.01. The van der Waals surface area contributed by atoms with E-state index < -0.39 is 0 Å². The van der Waals surface area contributed by atoms with Crippen molar-refractivity contribution >= 4 is 11.8 Å². The highest BCUT2D eigenvalue weighted by Crippen LogP contribution is 2.47. The number of hydrogen-bond acceptors (Lipinski definition) is 1. The van der Waals surface area contributed by atoms with Crippen LogP contribution in [0.5, 0.6) is 0 Å². The molecule has 21 heavy (non-hydrogen) atoms.